The van der Waals surface area contributed by atoms with Gasteiger partial charge in [-0.2, -0.15) is 0 Å². The summed E-state index contributed by atoms with van der Waals surface area (Å²) in [4.78, 5) is 23.0. The largest absolute Gasteiger partial charge is 0.463 e. The van der Waals surface area contributed by atoms with Crippen molar-refractivity contribution in [2.45, 2.75) is 18.3 Å². The van der Waals surface area contributed by atoms with Crippen molar-refractivity contribution in [2.24, 2.45) is 0 Å². The number of sulfone groups is 1. The maximum absolute atomic E-state index is 11.8. The molecule has 1 aromatic rings. The van der Waals surface area contributed by atoms with E-state index in [2.05, 4.69) is 0 Å². The number of carbonyl (C=O) groups excluding carboxylic acids is 2. The number of cyclic esters (lactones) is 1. The van der Waals surface area contributed by atoms with Crippen LogP contribution in [0.2, 0.25) is 0 Å². The second-order valence-electron chi connectivity index (χ2n) is 4.62. The fraction of sp³-hybridized carbons (Fsp3) is 0.385. The normalized spacial score (nSPS) is 18.6. The van der Waals surface area contributed by atoms with Gasteiger partial charge >= 0.3 is 11.9 Å². The van der Waals surface area contributed by atoms with Crippen molar-refractivity contribution in [3.8, 4) is 0 Å². The van der Waals surface area contributed by atoms with Gasteiger partial charge in [0.2, 0.25) is 6.10 Å². The topological polar surface area (TPSA) is 86.7 Å². The first-order valence-electron chi connectivity index (χ1n) is 5.99. The lowest BCUT2D eigenvalue weighted by Gasteiger charge is -2.08. The summed E-state index contributed by atoms with van der Waals surface area (Å²) in [5.74, 6) is -1.25. The molecular formula is C13H14O6S. The van der Waals surface area contributed by atoms with E-state index in [1.807, 2.05) is 0 Å². The van der Waals surface area contributed by atoms with Gasteiger partial charge in [0, 0.05) is 12.7 Å². The highest BCUT2D eigenvalue weighted by Gasteiger charge is 2.30. The maximum atomic E-state index is 11.8. The third kappa shape index (κ3) is 3.80. The lowest BCUT2D eigenvalue weighted by atomic mass is 10.1. The van der Waals surface area contributed by atoms with Crippen molar-refractivity contribution >= 4 is 21.8 Å². The Labute approximate surface area is 116 Å². The minimum Gasteiger partial charge on any atom is -0.463 e. The average molecular weight is 298 g/mol. The van der Waals surface area contributed by atoms with Gasteiger partial charge in [0.1, 0.15) is 0 Å². The zero-order valence-electron chi connectivity index (χ0n) is 10.9. The monoisotopic (exact) mass is 298 g/mol. The summed E-state index contributed by atoms with van der Waals surface area (Å²) < 4.78 is 32.0. The number of esters is 2. The molecule has 1 aliphatic heterocycles. The highest BCUT2D eigenvalue weighted by atomic mass is 32.2. The van der Waals surface area contributed by atoms with Crippen LogP contribution in [0.3, 0.4) is 0 Å². The molecule has 20 heavy (non-hydrogen) atoms. The van der Waals surface area contributed by atoms with Gasteiger partial charge in [0.25, 0.3) is 0 Å². The van der Waals surface area contributed by atoms with Crippen LogP contribution in [-0.4, -0.2) is 39.3 Å². The van der Waals surface area contributed by atoms with E-state index in [1.165, 1.54) is 12.1 Å². The summed E-state index contributed by atoms with van der Waals surface area (Å²) in [6.07, 6.45) is 0.649. The molecule has 1 heterocycles. The molecule has 1 atom stereocenters. The molecule has 1 saturated heterocycles. The minimum absolute atomic E-state index is 0.0860. The van der Waals surface area contributed by atoms with E-state index in [1.54, 1.807) is 12.1 Å². The molecule has 1 aliphatic rings. The Kier molecular flexibility index (Phi) is 4.08. The van der Waals surface area contributed by atoms with E-state index in [0.717, 1.165) is 6.26 Å². The van der Waals surface area contributed by atoms with Crippen LogP contribution >= 0.6 is 0 Å². The van der Waals surface area contributed by atoms with Crippen LogP contribution in [0.1, 0.15) is 22.3 Å². The van der Waals surface area contributed by atoms with Gasteiger partial charge < -0.3 is 9.47 Å². The Morgan fingerprint density at radius 3 is 2.50 bits per heavy atom. The molecule has 0 aliphatic carbocycles. The van der Waals surface area contributed by atoms with Gasteiger partial charge in [0.15, 0.2) is 9.84 Å². The summed E-state index contributed by atoms with van der Waals surface area (Å²) in [7, 11) is -3.11. The van der Waals surface area contributed by atoms with Crippen molar-refractivity contribution < 1.29 is 27.5 Å². The van der Waals surface area contributed by atoms with Crippen LogP contribution in [0.15, 0.2) is 24.3 Å². The number of carbonyl (C=O) groups is 2. The number of benzene rings is 1. The fourth-order valence-electron chi connectivity index (χ4n) is 1.82. The van der Waals surface area contributed by atoms with Gasteiger partial charge in [-0.1, -0.05) is 12.1 Å². The Hall–Kier alpha value is -1.89. The molecular weight excluding hydrogens is 284 g/mol. The zero-order chi connectivity index (χ0) is 14.8. The first-order valence-corrected chi connectivity index (χ1v) is 8.05. The molecule has 108 valence electrons. The van der Waals surface area contributed by atoms with Crippen molar-refractivity contribution in [3.63, 3.8) is 0 Å². The number of rotatable bonds is 4. The third-order valence-electron chi connectivity index (χ3n) is 2.76. The fourth-order valence-corrected chi connectivity index (χ4v) is 2.62. The van der Waals surface area contributed by atoms with E-state index in [4.69, 9.17) is 9.47 Å². The zero-order valence-corrected chi connectivity index (χ0v) is 11.7. The average Bonchev–Trinajstić information content (AvgIpc) is 2.74. The predicted molar refractivity (Wildman–Crippen MR) is 69.8 cm³/mol. The summed E-state index contributed by atoms with van der Waals surface area (Å²) in [6.45, 7) is 0.254. The molecule has 0 unspecified atom stereocenters. The van der Waals surface area contributed by atoms with E-state index >= 15 is 0 Å². The summed E-state index contributed by atoms with van der Waals surface area (Å²) in [5.41, 5.74) is 0.853. The molecule has 0 saturated carbocycles. The Bertz CT molecular complexity index is 617. The van der Waals surface area contributed by atoms with E-state index in [-0.39, 0.29) is 17.9 Å². The summed E-state index contributed by atoms with van der Waals surface area (Å²) in [5, 5.41) is 0. The summed E-state index contributed by atoms with van der Waals surface area (Å²) >= 11 is 0. The van der Waals surface area contributed by atoms with Crippen molar-refractivity contribution in [3.05, 3.63) is 35.4 Å². The Morgan fingerprint density at radius 1 is 1.35 bits per heavy atom. The predicted octanol–water partition coefficient (Wildman–Crippen LogP) is 0.704. The highest BCUT2D eigenvalue weighted by molar-refractivity contribution is 7.89. The molecule has 0 N–H and O–H groups in total. The second kappa shape index (κ2) is 5.62. The number of hydrogen-bond donors (Lipinski definition) is 0. The lowest BCUT2D eigenvalue weighted by Crippen LogP contribution is -2.22. The molecule has 0 spiro atoms. The summed E-state index contributed by atoms with van der Waals surface area (Å²) in [6, 6.07) is 6.04. The SMILES string of the molecule is CS(=O)(=O)Cc1ccc(C(=O)O[C@H]2CCOC2=O)cc1. The van der Waals surface area contributed by atoms with Gasteiger partial charge in [-0.25, -0.2) is 18.0 Å². The minimum atomic E-state index is -3.11. The van der Waals surface area contributed by atoms with E-state index < -0.39 is 27.9 Å². The molecule has 7 heteroatoms. The number of hydrogen-bond acceptors (Lipinski definition) is 6. The third-order valence-corrected chi connectivity index (χ3v) is 3.61. The smallest absolute Gasteiger partial charge is 0.347 e. The van der Waals surface area contributed by atoms with E-state index in [0.29, 0.717) is 12.0 Å². The first kappa shape index (κ1) is 14.5. The number of ether oxygens (including phenoxy) is 2. The maximum Gasteiger partial charge on any atom is 0.347 e. The van der Waals surface area contributed by atoms with Gasteiger partial charge in [-0.15, -0.1) is 0 Å². The highest BCUT2D eigenvalue weighted by Crippen LogP contribution is 2.14. The van der Waals surface area contributed by atoms with Crippen LogP contribution in [0.25, 0.3) is 0 Å². The van der Waals surface area contributed by atoms with Crippen molar-refractivity contribution in [1.82, 2.24) is 0 Å². The van der Waals surface area contributed by atoms with Gasteiger partial charge in [-0.05, 0) is 17.7 Å². The van der Waals surface area contributed by atoms with Gasteiger partial charge in [0.05, 0.1) is 17.9 Å². The van der Waals surface area contributed by atoms with Crippen LogP contribution in [-0.2, 0) is 29.9 Å². The van der Waals surface area contributed by atoms with Crippen LogP contribution in [0.5, 0.6) is 0 Å². The molecule has 0 bridgehead atoms. The van der Waals surface area contributed by atoms with Gasteiger partial charge in [-0.3, -0.25) is 0 Å². The standard InChI is InChI=1S/C13H14O6S/c1-20(16,17)8-9-2-4-10(5-3-9)12(14)19-11-6-7-18-13(11)15/h2-5,11H,6-8H2,1H3/t11-/m0/s1. The molecule has 0 amide bonds. The van der Waals surface area contributed by atoms with Crippen LogP contribution in [0.4, 0.5) is 0 Å². The second-order valence-corrected chi connectivity index (χ2v) is 6.76. The van der Waals surface area contributed by atoms with Crippen LogP contribution in [0, 0.1) is 0 Å². The van der Waals surface area contributed by atoms with Crippen molar-refractivity contribution in [1.29, 1.82) is 0 Å². The molecule has 6 nitrogen and oxygen atoms in total. The van der Waals surface area contributed by atoms with Crippen LogP contribution < -0.4 is 0 Å². The molecule has 2 rings (SSSR count). The molecule has 0 radical (unpaired) electrons. The van der Waals surface area contributed by atoms with E-state index in [9.17, 15) is 18.0 Å². The van der Waals surface area contributed by atoms with Crippen molar-refractivity contribution in [2.75, 3.05) is 12.9 Å². The molecule has 1 aromatic carbocycles. The molecule has 0 aromatic heterocycles. The quantitative estimate of drug-likeness (QED) is 0.761. The first-order chi connectivity index (χ1) is 9.35. The molecule has 1 fully saturated rings. The Balaban J connectivity index is 2.02. The Morgan fingerprint density at radius 2 is 2.00 bits per heavy atom. The lowest BCUT2D eigenvalue weighted by molar-refractivity contribution is -0.145.